The van der Waals surface area contributed by atoms with Gasteiger partial charge in [0.2, 0.25) is 5.88 Å². The molecule has 2 rings (SSSR count). The SMILES string of the molecule is CC(C)Cc1c(C2CCCC2(C)C)noc1N. The van der Waals surface area contributed by atoms with Crippen LogP contribution in [0.2, 0.25) is 0 Å². The van der Waals surface area contributed by atoms with Gasteiger partial charge in [-0.05, 0) is 30.6 Å². The van der Waals surface area contributed by atoms with E-state index in [0.717, 1.165) is 17.7 Å². The van der Waals surface area contributed by atoms with Crippen molar-refractivity contribution in [3.05, 3.63) is 11.3 Å². The first-order valence-electron chi connectivity index (χ1n) is 6.65. The van der Waals surface area contributed by atoms with Crippen LogP contribution < -0.4 is 5.73 Å². The first-order chi connectivity index (χ1) is 7.92. The minimum absolute atomic E-state index is 0.328. The summed E-state index contributed by atoms with van der Waals surface area (Å²) in [6.07, 6.45) is 4.73. The normalized spacial score (nSPS) is 23.5. The molecule has 0 amide bonds. The van der Waals surface area contributed by atoms with Crippen LogP contribution in [-0.4, -0.2) is 5.16 Å². The van der Waals surface area contributed by atoms with E-state index in [1.54, 1.807) is 0 Å². The fourth-order valence-electron chi connectivity index (χ4n) is 3.06. The third-order valence-electron chi connectivity index (χ3n) is 4.05. The molecule has 1 aromatic rings. The Morgan fingerprint density at radius 2 is 2.18 bits per heavy atom. The second-order valence-electron chi connectivity index (χ2n) is 6.44. The lowest BCUT2D eigenvalue weighted by atomic mass is 9.78. The third kappa shape index (κ3) is 2.33. The van der Waals surface area contributed by atoms with Gasteiger partial charge in [-0.15, -0.1) is 0 Å². The zero-order valence-electron chi connectivity index (χ0n) is 11.4. The molecule has 3 heteroatoms. The summed E-state index contributed by atoms with van der Waals surface area (Å²) in [7, 11) is 0. The molecule has 1 aromatic heterocycles. The van der Waals surface area contributed by atoms with E-state index in [0.29, 0.717) is 23.1 Å². The standard InChI is InChI=1S/C14H24N2O/c1-9(2)8-10-12(16-17-13(10)15)11-6-5-7-14(11,3)4/h9,11H,5-8,15H2,1-4H3. The lowest BCUT2D eigenvalue weighted by molar-refractivity contribution is 0.313. The number of nitrogen functional groups attached to an aromatic ring is 1. The lowest BCUT2D eigenvalue weighted by Gasteiger charge is -2.26. The Balaban J connectivity index is 2.32. The molecule has 0 bridgehead atoms. The van der Waals surface area contributed by atoms with E-state index in [4.69, 9.17) is 10.3 Å². The van der Waals surface area contributed by atoms with Crippen molar-refractivity contribution in [2.75, 3.05) is 5.73 Å². The van der Waals surface area contributed by atoms with Crippen molar-refractivity contribution in [1.29, 1.82) is 0 Å². The van der Waals surface area contributed by atoms with Gasteiger partial charge in [0.15, 0.2) is 0 Å². The van der Waals surface area contributed by atoms with Crippen LogP contribution in [0.4, 0.5) is 5.88 Å². The molecule has 1 aliphatic carbocycles. The van der Waals surface area contributed by atoms with Gasteiger partial charge in [-0.25, -0.2) is 0 Å². The van der Waals surface area contributed by atoms with Crippen LogP contribution in [0.15, 0.2) is 4.52 Å². The molecule has 0 radical (unpaired) electrons. The van der Waals surface area contributed by atoms with E-state index in [2.05, 4.69) is 32.9 Å². The number of nitrogens with two attached hydrogens (primary N) is 1. The smallest absolute Gasteiger partial charge is 0.225 e. The van der Waals surface area contributed by atoms with Crippen molar-refractivity contribution in [2.24, 2.45) is 11.3 Å². The van der Waals surface area contributed by atoms with Gasteiger partial charge < -0.3 is 10.3 Å². The van der Waals surface area contributed by atoms with Crippen molar-refractivity contribution < 1.29 is 4.52 Å². The quantitative estimate of drug-likeness (QED) is 0.869. The molecular weight excluding hydrogens is 212 g/mol. The number of nitrogens with zero attached hydrogens (tertiary/aromatic N) is 1. The molecule has 0 aromatic carbocycles. The maximum atomic E-state index is 5.92. The predicted molar refractivity (Wildman–Crippen MR) is 69.8 cm³/mol. The molecule has 17 heavy (non-hydrogen) atoms. The molecule has 1 heterocycles. The minimum atomic E-state index is 0.328. The highest BCUT2D eigenvalue weighted by Crippen LogP contribution is 2.49. The number of rotatable bonds is 3. The highest BCUT2D eigenvalue weighted by molar-refractivity contribution is 5.41. The van der Waals surface area contributed by atoms with Crippen LogP contribution >= 0.6 is 0 Å². The Kier molecular flexibility index (Phi) is 3.19. The zero-order valence-corrected chi connectivity index (χ0v) is 11.4. The fraction of sp³-hybridized carbons (Fsp3) is 0.786. The van der Waals surface area contributed by atoms with Crippen LogP contribution in [0.25, 0.3) is 0 Å². The Morgan fingerprint density at radius 1 is 1.47 bits per heavy atom. The van der Waals surface area contributed by atoms with Gasteiger partial charge in [0, 0.05) is 11.5 Å². The molecule has 1 unspecified atom stereocenters. The molecule has 1 aliphatic rings. The molecule has 0 saturated heterocycles. The van der Waals surface area contributed by atoms with Crippen LogP contribution in [0.1, 0.15) is 64.1 Å². The van der Waals surface area contributed by atoms with E-state index in [9.17, 15) is 0 Å². The summed E-state index contributed by atoms with van der Waals surface area (Å²) < 4.78 is 5.23. The van der Waals surface area contributed by atoms with E-state index in [1.165, 1.54) is 19.3 Å². The van der Waals surface area contributed by atoms with E-state index in [-0.39, 0.29) is 0 Å². The van der Waals surface area contributed by atoms with Crippen LogP contribution in [0.5, 0.6) is 0 Å². The average Bonchev–Trinajstić information content (AvgIpc) is 2.71. The van der Waals surface area contributed by atoms with Gasteiger partial charge in [0.25, 0.3) is 0 Å². The largest absolute Gasteiger partial charge is 0.367 e. The monoisotopic (exact) mass is 236 g/mol. The van der Waals surface area contributed by atoms with Crippen molar-refractivity contribution >= 4 is 5.88 Å². The average molecular weight is 236 g/mol. The number of hydrogen-bond acceptors (Lipinski definition) is 3. The highest BCUT2D eigenvalue weighted by Gasteiger charge is 2.39. The van der Waals surface area contributed by atoms with Gasteiger partial charge >= 0.3 is 0 Å². The number of hydrogen-bond donors (Lipinski definition) is 1. The summed E-state index contributed by atoms with van der Waals surface area (Å²) >= 11 is 0. The van der Waals surface area contributed by atoms with Crippen LogP contribution in [0.3, 0.4) is 0 Å². The second-order valence-corrected chi connectivity index (χ2v) is 6.44. The van der Waals surface area contributed by atoms with E-state index >= 15 is 0 Å². The fourth-order valence-corrected chi connectivity index (χ4v) is 3.06. The topological polar surface area (TPSA) is 52.0 Å². The Hall–Kier alpha value is -0.990. The molecule has 1 saturated carbocycles. The zero-order chi connectivity index (χ0) is 12.6. The third-order valence-corrected chi connectivity index (χ3v) is 4.05. The van der Waals surface area contributed by atoms with Gasteiger partial charge in [-0.3, -0.25) is 0 Å². The molecular formula is C14H24N2O. The van der Waals surface area contributed by atoms with Crippen molar-refractivity contribution in [1.82, 2.24) is 5.16 Å². The predicted octanol–water partition coefficient (Wildman–Crippen LogP) is 3.75. The summed E-state index contributed by atoms with van der Waals surface area (Å²) in [5, 5.41) is 4.25. The summed E-state index contributed by atoms with van der Waals surface area (Å²) in [4.78, 5) is 0. The van der Waals surface area contributed by atoms with Crippen molar-refractivity contribution in [2.45, 2.75) is 59.3 Å². The van der Waals surface area contributed by atoms with Crippen molar-refractivity contribution in [3.63, 3.8) is 0 Å². The molecule has 2 N–H and O–H groups in total. The summed E-state index contributed by atoms with van der Waals surface area (Å²) in [6, 6.07) is 0. The maximum Gasteiger partial charge on any atom is 0.225 e. The first-order valence-corrected chi connectivity index (χ1v) is 6.65. The Morgan fingerprint density at radius 3 is 2.71 bits per heavy atom. The van der Waals surface area contributed by atoms with Crippen LogP contribution in [0, 0.1) is 11.3 Å². The first kappa shape index (κ1) is 12.5. The lowest BCUT2D eigenvalue weighted by Crippen LogP contribution is -2.17. The summed E-state index contributed by atoms with van der Waals surface area (Å²) in [5.41, 5.74) is 8.52. The van der Waals surface area contributed by atoms with Gasteiger partial charge in [0.05, 0.1) is 5.69 Å². The van der Waals surface area contributed by atoms with Gasteiger partial charge in [-0.2, -0.15) is 0 Å². The highest BCUT2D eigenvalue weighted by atomic mass is 16.5. The minimum Gasteiger partial charge on any atom is -0.367 e. The van der Waals surface area contributed by atoms with E-state index < -0.39 is 0 Å². The molecule has 1 fully saturated rings. The number of anilines is 1. The summed E-state index contributed by atoms with van der Waals surface area (Å²) in [5.74, 6) is 1.62. The van der Waals surface area contributed by atoms with Crippen molar-refractivity contribution in [3.8, 4) is 0 Å². The second kappa shape index (κ2) is 4.35. The number of aromatic nitrogens is 1. The maximum absolute atomic E-state index is 5.92. The summed E-state index contributed by atoms with van der Waals surface area (Å²) in [6.45, 7) is 9.06. The van der Waals surface area contributed by atoms with E-state index in [1.807, 2.05) is 0 Å². The molecule has 1 atom stereocenters. The van der Waals surface area contributed by atoms with Crippen LogP contribution in [-0.2, 0) is 6.42 Å². The Labute approximate surface area is 104 Å². The Bertz CT molecular complexity index is 393. The molecule has 0 spiro atoms. The molecule has 0 aliphatic heterocycles. The molecule has 3 nitrogen and oxygen atoms in total. The van der Waals surface area contributed by atoms with Gasteiger partial charge in [0.1, 0.15) is 0 Å². The molecule has 96 valence electrons. The van der Waals surface area contributed by atoms with Gasteiger partial charge in [-0.1, -0.05) is 39.3 Å².